The Hall–Kier alpha value is -2.79. The van der Waals surface area contributed by atoms with Crippen LogP contribution in [0.1, 0.15) is 11.5 Å². The van der Waals surface area contributed by atoms with E-state index in [9.17, 15) is 19.5 Å². The van der Waals surface area contributed by atoms with Crippen LogP contribution in [-0.4, -0.2) is 77.9 Å². The summed E-state index contributed by atoms with van der Waals surface area (Å²) >= 11 is 2.42. The van der Waals surface area contributed by atoms with Crippen LogP contribution >= 0.6 is 23.1 Å². The molecule has 1 unspecified atom stereocenters. The number of fused-ring (bicyclic) bond motifs is 1. The van der Waals surface area contributed by atoms with Gasteiger partial charge in [-0.15, -0.1) is 33.3 Å². The third-order valence-corrected chi connectivity index (χ3v) is 6.76. The monoisotopic (exact) mass is 527 g/mol. The number of hydrogen-bond acceptors (Lipinski definition) is 13. The number of nitrogens with two attached hydrogens (primary N) is 1. The van der Waals surface area contributed by atoms with E-state index in [0.29, 0.717) is 11.4 Å². The Morgan fingerprint density at radius 3 is 2.83 bits per heavy atom. The van der Waals surface area contributed by atoms with Gasteiger partial charge in [-0.2, -0.15) is 4.80 Å². The zero-order valence-corrected chi connectivity index (χ0v) is 22.5. The Bertz CT molecular complexity index is 1240. The Labute approximate surface area is 228 Å². The van der Waals surface area contributed by atoms with Crippen molar-refractivity contribution in [2.45, 2.75) is 24.9 Å². The van der Waals surface area contributed by atoms with Crippen molar-refractivity contribution in [3.8, 4) is 0 Å². The second kappa shape index (κ2) is 11.3. The summed E-state index contributed by atoms with van der Waals surface area (Å²) in [5.74, 6) is -1.98. The van der Waals surface area contributed by atoms with Gasteiger partial charge in [-0.05, 0) is 17.7 Å². The van der Waals surface area contributed by atoms with Crippen LogP contribution in [0.4, 0.5) is 5.13 Å². The number of thioether (sulfide) groups is 1. The number of allylic oxidation sites excluding steroid dienone is 2. The normalized spacial score (nSPS) is 19.8. The number of aromatic nitrogens is 5. The van der Waals surface area contributed by atoms with E-state index in [2.05, 4.69) is 30.9 Å². The van der Waals surface area contributed by atoms with E-state index in [4.69, 9.17) is 10.6 Å². The first-order chi connectivity index (χ1) is 16.3. The maximum Gasteiger partial charge on any atom is 1.00 e. The number of nitrogens with zero attached hydrogens (tertiary/aromatic N) is 7. The first kappa shape index (κ1) is 26.8. The summed E-state index contributed by atoms with van der Waals surface area (Å²) in [6, 6.07) is -0.960. The maximum absolute atomic E-state index is 12.8. The van der Waals surface area contributed by atoms with Crippen LogP contribution in [0, 0.1) is 6.92 Å². The molecule has 0 bridgehead atoms. The zero-order chi connectivity index (χ0) is 24.4. The van der Waals surface area contributed by atoms with Gasteiger partial charge in [0, 0.05) is 11.1 Å². The molecule has 17 heteroatoms. The number of amides is 2. The topological polar surface area (TPSA) is 194 Å². The molecule has 4 rings (SSSR count). The number of aliphatic carboxylic acids is 1. The molecule has 2 aliphatic rings. The number of rotatable bonds is 8. The third-order valence-electron chi connectivity index (χ3n) is 4.78. The first-order valence-corrected chi connectivity index (χ1v) is 11.7. The fraction of sp³-hybridized carbons (Fsp3) is 0.333. The standard InChI is InChI=1S/C18H19N9O5S2.Na/c1-8-22-25-26(23-8)5-3-4-9-6-33-16-12(15(29)27(16)13(9)17(30)31)21-14(28)11(24-32-2)10-7-34-18(19)20-10;/h3-4,7,12,16H,5-6H2,1-2H3,(H2,19,20)(H,21,28)(H,30,31);/q;+1/p-1/b4-3-,24-11?;/t12?,16-;/m1./s1. The van der Waals surface area contributed by atoms with E-state index in [0.717, 1.165) is 16.2 Å². The summed E-state index contributed by atoms with van der Waals surface area (Å²) in [4.78, 5) is 48.6. The molecule has 2 amide bonds. The number of nitrogen functional groups attached to an aromatic ring is 1. The minimum Gasteiger partial charge on any atom is -0.543 e. The van der Waals surface area contributed by atoms with E-state index < -0.39 is 29.2 Å². The summed E-state index contributed by atoms with van der Waals surface area (Å²) < 4.78 is 0. The maximum atomic E-state index is 12.8. The molecule has 1 saturated heterocycles. The van der Waals surface area contributed by atoms with Gasteiger partial charge in [-0.1, -0.05) is 17.3 Å². The van der Waals surface area contributed by atoms with Gasteiger partial charge in [0.05, 0.1) is 18.2 Å². The summed E-state index contributed by atoms with van der Waals surface area (Å²) in [7, 11) is 1.27. The predicted octanol–water partition coefficient (Wildman–Crippen LogP) is -4.96. The second-order valence-electron chi connectivity index (χ2n) is 7.01. The largest absolute Gasteiger partial charge is 1.00 e. The number of hydrogen-bond donors (Lipinski definition) is 2. The quantitative estimate of drug-likeness (QED) is 0.144. The molecule has 1 fully saturated rings. The average molecular weight is 528 g/mol. The number of anilines is 1. The van der Waals surface area contributed by atoms with Gasteiger partial charge in [0.15, 0.2) is 16.7 Å². The average Bonchev–Trinajstić information content (AvgIpc) is 3.42. The molecule has 4 heterocycles. The Morgan fingerprint density at radius 1 is 1.46 bits per heavy atom. The fourth-order valence-electron chi connectivity index (χ4n) is 3.35. The molecule has 2 aromatic rings. The molecule has 3 N–H and O–H groups in total. The molecule has 0 aromatic carbocycles. The number of carboxylic acid groups (broad SMARTS) is 1. The van der Waals surface area contributed by atoms with Crippen molar-refractivity contribution in [1.29, 1.82) is 0 Å². The summed E-state index contributed by atoms with van der Waals surface area (Å²) in [6.07, 6.45) is 3.25. The van der Waals surface area contributed by atoms with E-state index in [1.807, 2.05) is 0 Å². The van der Waals surface area contributed by atoms with Gasteiger partial charge in [-0.25, -0.2) is 4.98 Å². The Balaban J connectivity index is 0.00000342. The van der Waals surface area contributed by atoms with Crippen molar-refractivity contribution >= 4 is 51.7 Å². The number of carboxylic acids is 1. The van der Waals surface area contributed by atoms with Crippen LogP contribution in [0.3, 0.4) is 0 Å². The van der Waals surface area contributed by atoms with Crippen molar-refractivity contribution in [2.75, 3.05) is 18.6 Å². The molecule has 35 heavy (non-hydrogen) atoms. The minimum atomic E-state index is -1.49. The summed E-state index contributed by atoms with van der Waals surface area (Å²) in [6.45, 7) is 1.97. The van der Waals surface area contributed by atoms with Gasteiger partial charge in [-0.3, -0.25) is 14.5 Å². The third kappa shape index (κ3) is 5.56. The van der Waals surface area contributed by atoms with E-state index in [1.54, 1.807) is 19.1 Å². The van der Waals surface area contributed by atoms with Crippen molar-refractivity contribution in [1.82, 2.24) is 35.4 Å². The molecule has 0 saturated carbocycles. The number of β-lactam (4-membered cyclic amide) rings is 1. The van der Waals surface area contributed by atoms with Crippen molar-refractivity contribution in [3.63, 3.8) is 0 Å². The SMILES string of the molecule is CON=C(C(=O)NC1C(=O)N2C(C(=O)[O-])=C(/C=C\Cn3nnc(C)n3)CS[C@H]12)c1csc(N)n1.[Na+]. The van der Waals surface area contributed by atoms with Crippen molar-refractivity contribution in [3.05, 3.63) is 40.3 Å². The van der Waals surface area contributed by atoms with Gasteiger partial charge in [0.1, 0.15) is 24.2 Å². The molecular formula is C18H18N9NaO5S2. The zero-order valence-electron chi connectivity index (χ0n) is 18.9. The Kier molecular flexibility index (Phi) is 8.65. The van der Waals surface area contributed by atoms with Crippen LogP contribution in [0.25, 0.3) is 0 Å². The van der Waals surface area contributed by atoms with Crippen LogP contribution in [0.15, 0.2) is 34.0 Å². The molecule has 14 nitrogen and oxygen atoms in total. The fourth-order valence-corrected chi connectivity index (χ4v) is 5.22. The molecule has 2 aromatic heterocycles. The minimum absolute atomic E-state index is 0. The van der Waals surface area contributed by atoms with Crippen LogP contribution in [-0.2, 0) is 25.8 Å². The number of thiazole rings is 1. The Morgan fingerprint density at radius 2 is 2.23 bits per heavy atom. The van der Waals surface area contributed by atoms with Crippen LogP contribution < -0.4 is 45.7 Å². The van der Waals surface area contributed by atoms with Crippen LogP contribution in [0.2, 0.25) is 0 Å². The van der Waals surface area contributed by atoms with Gasteiger partial charge in [0.25, 0.3) is 11.8 Å². The number of tetrazole rings is 1. The molecule has 2 aliphatic heterocycles. The molecule has 178 valence electrons. The molecule has 0 spiro atoms. The summed E-state index contributed by atoms with van der Waals surface area (Å²) in [5.41, 5.74) is 5.82. The van der Waals surface area contributed by atoms with E-state index >= 15 is 0 Å². The van der Waals surface area contributed by atoms with E-state index in [1.165, 1.54) is 29.0 Å². The second-order valence-corrected chi connectivity index (χ2v) is 9.00. The van der Waals surface area contributed by atoms with Gasteiger partial charge >= 0.3 is 29.6 Å². The molecule has 0 radical (unpaired) electrons. The number of oxime groups is 1. The summed E-state index contributed by atoms with van der Waals surface area (Å²) in [5, 5.41) is 30.9. The number of carbonyl (C=O) groups is 3. The predicted molar refractivity (Wildman–Crippen MR) is 119 cm³/mol. The van der Waals surface area contributed by atoms with Crippen molar-refractivity contribution in [2.24, 2.45) is 5.16 Å². The van der Waals surface area contributed by atoms with Crippen LogP contribution in [0.5, 0.6) is 0 Å². The van der Waals surface area contributed by atoms with Crippen molar-refractivity contribution < 1.29 is 53.9 Å². The number of aryl methyl sites for hydroxylation is 1. The number of nitrogens with one attached hydrogen (secondary N) is 1. The molecular weight excluding hydrogens is 509 g/mol. The molecule has 2 atom stereocenters. The molecule has 0 aliphatic carbocycles. The van der Waals surface area contributed by atoms with E-state index in [-0.39, 0.29) is 64.1 Å². The van der Waals surface area contributed by atoms with Gasteiger partial charge in [0.2, 0.25) is 0 Å². The first-order valence-electron chi connectivity index (χ1n) is 9.73. The number of carbonyl (C=O) groups excluding carboxylic acids is 3. The van der Waals surface area contributed by atoms with Gasteiger partial charge < -0.3 is 25.8 Å². The smallest absolute Gasteiger partial charge is 0.543 e.